The Kier molecular flexibility index (Phi) is 3.03. The number of nitrogens with two attached hydrogens (primary N) is 1. The smallest absolute Gasteiger partial charge is 0.135 e. The molecule has 0 bridgehead atoms. The molecular formula is C12H15NOS. The Bertz CT molecular complexity index is 462. The Balaban J connectivity index is 2.43. The second-order valence-electron chi connectivity index (χ2n) is 3.57. The van der Waals surface area contributed by atoms with Gasteiger partial charge in [-0.3, -0.25) is 0 Å². The first-order chi connectivity index (χ1) is 7.20. The molecular weight excluding hydrogens is 206 g/mol. The van der Waals surface area contributed by atoms with Crippen molar-refractivity contribution < 1.29 is 4.42 Å². The minimum atomic E-state index is -0.0420. The molecule has 0 aliphatic rings. The number of hydrogen-bond donors (Lipinski definition) is 1. The third-order valence-electron chi connectivity index (χ3n) is 2.27. The molecule has 1 aromatic heterocycles. The fourth-order valence-electron chi connectivity index (χ4n) is 1.51. The van der Waals surface area contributed by atoms with Gasteiger partial charge in [-0.2, -0.15) is 0 Å². The monoisotopic (exact) mass is 221 g/mol. The first kappa shape index (κ1) is 10.6. The van der Waals surface area contributed by atoms with Crippen molar-refractivity contribution in [2.24, 2.45) is 5.73 Å². The Morgan fingerprint density at radius 1 is 1.40 bits per heavy atom. The summed E-state index contributed by atoms with van der Waals surface area (Å²) in [6, 6.07) is 8.26. The molecule has 1 atom stereocenters. The Morgan fingerprint density at radius 2 is 2.20 bits per heavy atom. The van der Waals surface area contributed by atoms with E-state index in [1.165, 1.54) is 4.90 Å². The van der Waals surface area contributed by atoms with Crippen LogP contribution in [0.1, 0.15) is 25.6 Å². The third-order valence-corrected chi connectivity index (χ3v) is 3.15. The van der Waals surface area contributed by atoms with Crippen molar-refractivity contribution in [2.45, 2.75) is 24.8 Å². The molecule has 1 heterocycles. The molecule has 0 amide bonds. The predicted molar refractivity (Wildman–Crippen MR) is 65.2 cm³/mol. The van der Waals surface area contributed by atoms with Crippen LogP contribution in [0.3, 0.4) is 0 Å². The zero-order valence-corrected chi connectivity index (χ0v) is 9.80. The van der Waals surface area contributed by atoms with Gasteiger partial charge in [-0.05, 0) is 36.9 Å². The number of thioether (sulfide) groups is 1. The summed E-state index contributed by atoms with van der Waals surface area (Å²) in [6.07, 6.45) is 0. The standard InChI is InChI=1S/C12H15NOS/c1-3-15-10-5-4-9-6-11(8(2)13)14-12(9)7-10/h4-8H,3,13H2,1-2H3. The molecule has 3 heteroatoms. The van der Waals surface area contributed by atoms with Gasteiger partial charge in [0.25, 0.3) is 0 Å². The molecule has 1 unspecified atom stereocenters. The van der Waals surface area contributed by atoms with Crippen LogP contribution in [0.15, 0.2) is 33.6 Å². The number of furan rings is 1. The van der Waals surface area contributed by atoms with Crippen molar-refractivity contribution in [3.8, 4) is 0 Å². The molecule has 0 aliphatic heterocycles. The van der Waals surface area contributed by atoms with E-state index in [-0.39, 0.29) is 6.04 Å². The van der Waals surface area contributed by atoms with Gasteiger partial charge in [0, 0.05) is 10.3 Å². The van der Waals surface area contributed by atoms with Crippen molar-refractivity contribution in [1.82, 2.24) is 0 Å². The highest BCUT2D eigenvalue weighted by Crippen LogP contribution is 2.27. The van der Waals surface area contributed by atoms with E-state index >= 15 is 0 Å². The highest BCUT2D eigenvalue weighted by molar-refractivity contribution is 7.99. The SMILES string of the molecule is CCSc1ccc2cc(C(C)N)oc2c1. The molecule has 0 spiro atoms. The van der Waals surface area contributed by atoms with Gasteiger partial charge in [0.1, 0.15) is 11.3 Å². The van der Waals surface area contributed by atoms with E-state index in [9.17, 15) is 0 Å². The van der Waals surface area contributed by atoms with E-state index in [1.54, 1.807) is 0 Å². The summed E-state index contributed by atoms with van der Waals surface area (Å²) in [5, 5.41) is 1.13. The lowest BCUT2D eigenvalue weighted by Gasteiger charge is -1.97. The lowest BCUT2D eigenvalue weighted by Crippen LogP contribution is -2.02. The van der Waals surface area contributed by atoms with Crippen LogP contribution in [-0.4, -0.2) is 5.75 Å². The summed E-state index contributed by atoms with van der Waals surface area (Å²) in [4.78, 5) is 1.25. The van der Waals surface area contributed by atoms with Gasteiger partial charge in [-0.1, -0.05) is 6.92 Å². The Labute approximate surface area is 93.8 Å². The molecule has 1 aromatic carbocycles. The van der Waals surface area contributed by atoms with Crippen LogP contribution >= 0.6 is 11.8 Å². The van der Waals surface area contributed by atoms with E-state index in [1.807, 2.05) is 24.8 Å². The first-order valence-electron chi connectivity index (χ1n) is 5.12. The van der Waals surface area contributed by atoms with Gasteiger partial charge < -0.3 is 10.2 Å². The fourth-order valence-corrected chi connectivity index (χ4v) is 2.20. The van der Waals surface area contributed by atoms with Gasteiger partial charge in [0.05, 0.1) is 6.04 Å². The first-order valence-corrected chi connectivity index (χ1v) is 6.11. The molecule has 80 valence electrons. The van der Waals surface area contributed by atoms with Gasteiger partial charge >= 0.3 is 0 Å². The maximum absolute atomic E-state index is 5.78. The maximum Gasteiger partial charge on any atom is 0.135 e. The van der Waals surface area contributed by atoms with Crippen molar-refractivity contribution in [2.75, 3.05) is 5.75 Å². The van der Waals surface area contributed by atoms with E-state index in [0.717, 1.165) is 22.5 Å². The molecule has 2 N–H and O–H groups in total. The van der Waals surface area contributed by atoms with E-state index < -0.39 is 0 Å². The van der Waals surface area contributed by atoms with Crippen LogP contribution in [0.5, 0.6) is 0 Å². The minimum Gasteiger partial charge on any atom is -0.459 e. The highest BCUT2D eigenvalue weighted by Gasteiger charge is 2.07. The minimum absolute atomic E-state index is 0.0420. The average molecular weight is 221 g/mol. The highest BCUT2D eigenvalue weighted by atomic mass is 32.2. The molecule has 0 saturated heterocycles. The largest absolute Gasteiger partial charge is 0.459 e. The summed E-state index contributed by atoms with van der Waals surface area (Å²) < 4.78 is 5.68. The Hall–Kier alpha value is -0.930. The Morgan fingerprint density at radius 3 is 2.87 bits per heavy atom. The van der Waals surface area contributed by atoms with Crippen LogP contribution in [0.2, 0.25) is 0 Å². The van der Waals surface area contributed by atoms with E-state index in [0.29, 0.717) is 0 Å². The zero-order chi connectivity index (χ0) is 10.8. The van der Waals surface area contributed by atoms with Crippen molar-refractivity contribution in [3.63, 3.8) is 0 Å². The van der Waals surface area contributed by atoms with Gasteiger partial charge in [-0.25, -0.2) is 0 Å². The number of fused-ring (bicyclic) bond motifs is 1. The second kappa shape index (κ2) is 4.29. The number of rotatable bonds is 3. The molecule has 2 rings (SSSR count). The van der Waals surface area contributed by atoms with Crippen molar-refractivity contribution in [3.05, 3.63) is 30.0 Å². The third kappa shape index (κ3) is 2.19. The van der Waals surface area contributed by atoms with Crippen LogP contribution in [0.4, 0.5) is 0 Å². The molecule has 0 radical (unpaired) electrons. The van der Waals surface area contributed by atoms with Crippen LogP contribution < -0.4 is 5.73 Å². The summed E-state index contributed by atoms with van der Waals surface area (Å²) in [6.45, 7) is 4.07. The van der Waals surface area contributed by atoms with Gasteiger partial charge in [-0.15, -0.1) is 11.8 Å². The van der Waals surface area contributed by atoms with Gasteiger partial charge in [0.2, 0.25) is 0 Å². The maximum atomic E-state index is 5.78. The number of hydrogen-bond acceptors (Lipinski definition) is 3. The van der Waals surface area contributed by atoms with Crippen molar-refractivity contribution >= 4 is 22.7 Å². The van der Waals surface area contributed by atoms with E-state index in [4.69, 9.17) is 10.2 Å². The summed E-state index contributed by atoms with van der Waals surface area (Å²) in [5.41, 5.74) is 6.71. The summed E-state index contributed by atoms with van der Waals surface area (Å²) in [5.74, 6) is 1.93. The summed E-state index contributed by atoms with van der Waals surface area (Å²) >= 11 is 1.82. The quantitative estimate of drug-likeness (QED) is 0.805. The van der Waals surface area contributed by atoms with Crippen molar-refractivity contribution in [1.29, 1.82) is 0 Å². The lowest BCUT2D eigenvalue weighted by atomic mass is 10.2. The molecule has 0 saturated carbocycles. The molecule has 2 nitrogen and oxygen atoms in total. The van der Waals surface area contributed by atoms with E-state index in [2.05, 4.69) is 25.1 Å². The molecule has 0 aliphatic carbocycles. The van der Waals surface area contributed by atoms with Crippen LogP contribution in [-0.2, 0) is 0 Å². The topological polar surface area (TPSA) is 39.2 Å². The van der Waals surface area contributed by atoms with Gasteiger partial charge in [0.15, 0.2) is 0 Å². The molecule has 15 heavy (non-hydrogen) atoms. The predicted octanol–water partition coefficient (Wildman–Crippen LogP) is 3.56. The lowest BCUT2D eigenvalue weighted by molar-refractivity contribution is 0.512. The number of benzene rings is 1. The normalized spacial score (nSPS) is 13.3. The average Bonchev–Trinajstić information content (AvgIpc) is 2.61. The zero-order valence-electron chi connectivity index (χ0n) is 8.99. The molecule has 2 aromatic rings. The fraction of sp³-hybridized carbons (Fsp3) is 0.333. The van der Waals surface area contributed by atoms with Crippen LogP contribution in [0, 0.1) is 0 Å². The summed E-state index contributed by atoms with van der Waals surface area (Å²) in [7, 11) is 0. The molecule has 0 fully saturated rings. The second-order valence-corrected chi connectivity index (χ2v) is 4.91. The van der Waals surface area contributed by atoms with Crippen LogP contribution in [0.25, 0.3) is 11.0 Å².